The van der Waals surface area contributed by atoms with Crippen LogP contribution in [0, 0.1) is 13.2 Å². The molecule has 0 saturated carbocycles. The van der Waals surface area contributed by atoms with Crippen molar-refractivity contribution in [1.82, 2.24) is 0 Å². The molecule has 4 nitrogen and oxygen atoms in total. The van der Waals surface area contributed by atoms with E-state index in [0.29, 0.717) is 11.1 Å². The van der Waals surface area contributed by atoms with Crippen LogP contribution in [0.15, 0.2) is 84.9 Å². The maximum atomic E-state index is 13.9. The fraction of sp³-hybridized carbons (Fsp3) is 0.136. The smallest absolute Gasteiger partial charge is 0.127 e. The molecule has 0 fully saturated rings. The van der Waals surface area contributed by atoms with Crippen molar-refractivity contribution in [1.29, 1.82) is 0 Å². The normalized spacial score (nSPS) is 12.6. The third kappa shape index (κ3) is 7.57. The van der Waals surface area contributed by atoms with Crippen LogP contribution in [0.25, 0.3) is 10.5 Å². The molecular weight excluding hydrogens is 512 g/mol. The Labute approximate surface area is 192 Å². The number of hydrogen-bond donors (Lipinski definition) is 0. The van der Waals surface area contributed by atoms with Gasteiger partial charge in [-0.2, -0.15) is 0 Å². The van der Waals surface area contributed by atoms with E-state index >= 15 is 0 Å². The summed E-state index contributed by atoms with van der Waals surface area (Å²) in [4.78, 5) is 0. The zero-order valence-electron chi connectivity index (χ0n) is 16.2. The first-order chi connectivity index (χ1) is 14.0. The summed E-state index contributed by atoms with van der Waals surface area (Å²) in [5.41, 5.74) is 9.93. The van der Waals surface area contributed by atoms with Gasteiger partial charge >= 0.3 is 27.0 Å². The quantitative estimate of drug-likeness (QED) is 0.250. The summed E-state index contributed by atoms with van der Waals surface area (Å²) in [7, 11) is 0.576. The molecular formula is C22H22ClFN2O2RuS. The molecule has 2 unspecified atom stereocenters. The number of benzene rings is 3. The predicted molar refractivity (Wildman–Crippen MR) is 117 cm³/mol. The van der Waals surface area contributed by atoms with E-state index in [1.807, 2.05) is 29.4 Å². The standard InChI is InChI=1S/C21H19FN2O2S.CH3.ClH.Ru/c22-19-14-8-7-13-18(19)15-27(25,26)24-21(17-11-5-2-6-12-17)20(23)16-9-3-1-4-10-16;;;/h1-14,20-21,23H,15H2;1H3;1H;/q-2;-1;;+4/p-1. The first kappa shape index (κ1) is 26.4. The van der Waals surface area contributed by atoms with Gasteiger partial charge in [0.2, 0.25) is 0 Å². The van der Waals surface area contributed by atoms with Crippen LogP contribution in [0.2, 0.25) is 0 Å². The summed E-state index contributed by atoms with van der Waals surface area (Å²) in [6, 6.07) is 21.8. The SMILES string of the molecule is [CH3-].[Cl][Ru+3].[NH-]C(c1ccccc1)C([N-]S(=O)(=O)Cc1ccccc1F)c1ccccc1. The monoisotopic (exact) mass is 534 g/mol. The number of halogens is 2. The maximum absolute atomic E-state index is 13.9. The van der Waals surface area contributed by atoms with Gasteiger partial charge in [-0.3, -0.25) is 0 Å². The van der Waals surface area contributed by atoms with Gasteiger partial charge in [-0.1, -0.05) is 90.0 Å². The van der Waals surface area contributed by atoms with Crippen molar-refractivity contribution in [3.63, 3.8) is 0 Å². The van der Waals surface area contributed by atoms with E-state index in [9.17, 15) is 12.8 Å². The molecule has 0 heterocycles. The van der Waals surface area contributed by atoms with Crippen LogP contribution in [-0.2, 0) is 33.1 Å². The second-order valence-corrected chi connectivity index (χ2v) is 7.83. The molecule has 0 radical (unpaired) electrons. The van der Waals surface area contributed by atoms with Crippen molar-refractivity contribution in [3.8, 4) is 0 Å². The first-order valence-electron chi connectivity index (χ1n) is 8.59. The third-order valence-electron chi connectivity index (χ3n) is 4.19. The van der Waals surface area contributed by atoms with Gasteiger partial charge in [0, 0.05) is 5.56 Å². The Morgan fingerprint density at radius 2 is 1.33 bits per heavy atom. The molecule has 3 aromatic rings. The Hall–Kier alpha value is -1.63. The molecule has 0 spiro atoms. The zero-order chi connectivity index (χ0) is 21.3. The van der Waals surface area contributed by atoms with Crippen molar-refractivity contribution in [2.24, 2.45) is 0 Å². The Kier molecular flexibility index (Phi) is 11.4. The van der Waals surface area contributed by atoms with Crippen molar-refractivity contribution in [2.45, 2.75) is 17.8 Å². The van der Waals surface area contributed by atoms with Crippen molar-refractivity contribution in [2.75, 3.05) is 0 Å². The van der Waals surface area contributed by atoms with Crippen molar-refractivity contribution < 1.29 is 30.1 Å². The van der Waals surface area contributed by atoms with Crippen molar-refractivity contribution in [3.05, 3.63) is 125 Å². The van der Waals surface area contributed by atoms with Gasteiger partial charge in [0.05, 0.1) is 15.8 Å². The molecule has 160 valence electrons. The van der Waals surface area contributed by atoms with Crippen LogP contribution < -0.4 is 0 Å². The minimum absolute atomic E-state index is 0. The van der Waals surface area contributed by atoms with Gasteiger partial charge in [0.25, 0.3) is 0 Å². The Morgan fingerprint density at radius 1 is 0.867 bits per heavy atom. The number of hydrogen-bond acceptors (Lipinski definition) is 2. The van der Waals surface area contributed by atoms with Gasteiger partial charge in [0.1, 0.15) is 5.82 Å². The maximum Gasteiger partial charge on any atom is 0.127 e. The van der Waals surface area contributed by atoms with Crippen LogP contribution in [0.1, 0.15) is 28.8 Å². The van der Waals surface area contributed by atoms with Crippen LogP contribution in [0.4, 0.5) is 4.39 Å². The van der Waals surface area contributed by atoms with E-state index in [4.69, 9.17) is 5.73 Å². The van der Waals surface area contributed by atoms with Crippen LogP contribution in [0.3, 0.4) is 0 Å². The Bertz CT molecular complexity index is 992. The second kappa shape index (κ2) is 12.9. The van der Waals surface area contributed by atoms with E-state index in [0.717, 1.165) is 0 Å². The fourth-order valence-corrected chi connectivity index (χ4v) is 4.12. The number of sulfonamides is 1. The first-order valence-corrected chi connectivity index (χ1v) is 12.4. The van der Waals surface area contributed by atoms with Gasteiger partial charge in [-0.05, 0) is 6.07 Å². The average molecular weight is 534 g/mol. The van der Waals surface area contributed by atoms with E-state index < -0.39 is 33.7 Å². The molecule has 0 aliphatic carbocycles. The average Bonchev–Trinajstić information content (AvgIpc) is 2.76. The van der Waals surface area contributed by atoms with Crippen LogP contribution in [0.5, 0.6) is 0 Å². The largest absolute Gasteiger partial charge is 0.672 e. The topological polar surface area (TPSA) is 72.0 Å². The Balaban J connectivity index is 0.00000146. The van der Waals surface area contributed by atoms with Gasteiger partial charge < -0.3 is 17.9 Å². The fourth-order valence-electron chi connectivity index (χ4n) is 2.83. The van der Waals surface area contributed by atoms with E-state index in [1.54, 1.807) is 54.6 Å². The molecule has 2 atom stereocenters. The summed E-state index contributed by atoms with van der Waals surface area (Å²) in [6.45, 7) is 0. The minimum atomic E-state index is -3.99. The molecule has 0 aliphatic rings. The molecule has 1 N–H and O–H groups in total. The molecule has 0 aliphatic heterocycles. The summed E-state index contributed by atoms with van der Waals surface area (Å²) in [6.07, 6.45) is 0. The summed E-state index contributed by atoms with van der Waals surface area (Å²) in [5, 5.41) is 0. The number of rotatable bonds is 7. The number of nitrogens with zero attached hydrogens (tertiary/aromatic N) is 1. The van der Waals surface area contributed by atoms with Crippen LogP contribution >= 0.6 is 9.69 Å². The molecule has 0 aromatic heterocycles. The molecule has 8 heteroatoms. The minimum Gasteiger partial charge on any atom is -0.672 e. The summed E-state index contributed by atoms with van der Waals surface area (Å²) < 4.78 is 43.2. The molecule has 3 rings (SSSR count). The summed E-state index contributed by atoms with van der Waals surface area (Å²) in [5.74, 6) is -1.12. The molecule has 3 aromatic carbocycles. The van der Waals surface area contributed by atoms with Gasteiger partial charge in [-0.15, -0.1) is 12.1 Å². The molecule has 0 bridgehead atoms. The molecule has 0 amide bonds. The number of nitrogens with one attached hydrogen (secondary N) is 1. The van der Waals surface area contributed by atoms with Gasteiger partial charge in [0.15, 0.2) is 0 Å². The van der Waals surface area contributed by atoms with Crippen LogP contribution in [-0.4, -0.2) is 8.42 Å². The molecule has 0 saturated heterocycles. The third-order valence-corrected chi connectivity index (χ3v) is 5.41. The summed E-state index contributed by atoms with van der Waals surface area (Å²) >= 11 is 1.82. The van der Waals surface area contributed by atoms with E-state index in [-0.39, 0.29) is 13.0 Å². The van der Waals surface area contributed by atoms with E-state index in [1.165, 1.54) is 18.2 Å². The van der Waals surface area contributed by atoms with E-state index in [2.05, 4.69) is 14.4 Å². The zero-order valence-corrected chi connectivity index (χ0v) is 19.5. The second-order valence-electron chi connectivity index (χ2n) is 6.17. The Morgan fingerprint density at radius 3 is 1.87 bits per heavy atom. The molecule has 30 heavy (non-hydrogen) atoms. The van der Waals surface area contributed by atoms with Crippen molar-refractivity contribution >= 4 is 19.7 Å². The predicted octanol–water partition coefficient (Wildman–Crippen LogP) is 6.70. The van der Waals surface area contributed by atoms with Gasteiger partial charge in [-0.25, -0.2) is 12.8 Å².